The molecule has 0 aliphatic carbocycles. The molecule has 2 aromatic heterocycles. The van der Waals surface area contributed by atoms with Crippen LogP contribution in [0.1, 0.15) is 120 Å². The van der Waals surface area contributed by atoms with Crippen molar-refractivity contribution in [3.8, 4) is 22.5 Å². The van der Waals surface area contributed by atoms with Gasteiger partial charge in [-0.3, -0.25) is 9.59 Å². The zero-order valence-corrected chi connectivity index (χ0v) is 39.6. The Bertz CT molecular complexity index is 2520. The van der Waals surface area contributed by atoms with Gasteiger partial charge in [0.15, 0.2) is 0 Å². The van der Waals surface area contributed by atoms with E-state index in [1.807, 2.05) is 49.9 Å². The number of likely N-dealkylation sites (tertiary alicyclic amines) is 2. The average molecular weight is 897 g/mol. The second-order valence-electron chi connectivity index (χ2n) is 19.0. The molecule has 5 aromatic rings. The van der Waals surface area contributed by atoms with Crippen LogP contribution in [0, 0.1) is 11.8 Å². The Labute approximate surface area is 388 Å². The van der Waals surface area contributed by atoms with Gasteiger partial charge in [-0.15, -0.1) is 0 Å². The van der Waals surface area contributed by atoms with Crippen molar-refractivity contribution in [2.45, 2.75) is 104 Å². The predicted octanol–water partition coefficient (Wildman–Crippen LogP) is 9.44. The van der Waals surface area contributed by atoms with E-state index in [-0.39, 0.29) is 41.1 Å². The van der Waals surface area contributed by atoms with Gasteiger partial charge in [-0.25, -0.2) is 19.6 Å². The molecule has 0 spiro atoms. The van der Waals surface area contributed by atoms with Gasteiger partial charge in [0.2, 0.25) is 11.8 Å². The van der Waals surface area contributed by atoms with E-state index in [1.54, 1.807) is 0 Å². The molecule has 0 saturated carbocycles. The smallest absolute Gasteiger partial charge is 0.407 e. The summed E-state index contributed by atoms with van der Waals surface area (Å²) < 4.78 is 9.59. The minimum Gasteiger partial charge on any atom is -0.453 e. The highest BCUT2D eigenvalue weighted by atomic mass is 16.5. The van der Waals surface area contributed by atoms with E-state index < -0.39 is 24.3 Å². The molecule has 4 atom stereocenters. The topological polar surface area (TPSA) is 175 Å². The van der Waals surface area contributed by atoms with Crippen LogP contribution in [-0.2, 0) is 24.5 Å². The summed E-state index contributed by atoms with van der Waals surface area (Å²) in [5.41, 5.74) is 9.13. The summed E-state index contributed by atoms with van der Waals surface area (Å²) in [6, 6.07) is 23.7. The van der Waals surface area contributed by atoms with Crippen molar-refractivity contribution in [1.82, 2.24) is 40.4 Å². The first-order valence-corrected chi connectivity index (χ1v) is 23.0. The minimum absolute atomic E-state index is 0.0119. The maximum Gasteiger partial charge on any atom is 0.407 e. The van der Waals surface area contributed by atoms with Crippen LogP contribution in [0.5, 0.6) is 0 Å². The molecule has 2 aliphatic heterocycles. The number of nitrogens with zero attached hydrogens (tertiary/aromatic N) is 4. The number of hydrogen-bond donors (Lipinski definition) is 4. The normalized spacial score (nSPS) is 17.5. The van der Waals surface area contributed by atoms with Crippen molar-refractivity contribution < 1.29 is 28.7 Å². The molecule has 4 amide bonds. The maximum absolute atomic E-state index is 13.7. The Morgan fingerprint density at radius 1 is 0.652 bits per heavy atom. The molecular formula is C52H64N8O6. The summed E-state index contributed by atoms with van der Waals surface area (Å²) in [4.78, 5) is 71.6. The second kappa shape index (κ2) is 20.2. The number of hydrogen-bond acceptors (Lipinski definition) is 8. The van der Waals surface area contributed by atoms with Crippen molar-refractivity contribution >= 4 is 35.6 Å². The highest BCUT2D eigenvalue weighted by Gasteiger charge is 2.39. The van der Waals surface area contributed by atoms with Crippen molar-refractivity contribution in [3.05, 3.63) is 119 Å². The van der Waals surface area contributed by atoms with E-state index in [4.69, 9.17) is 19.4 Å². The number of alkyl carbamates (subject to hydrolysis) is 2. The van der Waals surface area contributed by atoms with Crippen LogP contribution in [0.3, 0.4) is 0 Å². The SMILES string of the molecule is COC(=O)N[C@H](C(=O)N1CCC[C@H]1c1ncc(-c2ccc(/C=C(/c3ccc(-c4cnc([C@@H]5CCCN5C(=O)[C@@H](NC(=O)OC)C(C)C)[nH]4)cc3)c3ccc(C(C)(C)C)cc3)cc2)[nH]1)C(C)C. The number of carbonyl (C=O) groups is 4. The lowest BCUT2D eigenvalue weighted by atomic mass is 9.85. The quantitative estimate of drug-likeness (QED) is 0.0846. The molecule has 4 N–H and O–H groups in total. The Balaban J connectivity index is 1.11. The summed E-state index contributed by atoms with van der Waals surface area (Å²) in [5, 5.41) is 5.43. The van der Waals surface area contributed by atoms with Crippen LogP contribution in [0.2, 0.25) is 0 Å². The Kier molecular flexibility index (Phi) is 14.5. The van der Waals surface area contributed by atoms with Gasteiger partial charge in [-0.05, 0) is 88.0 Å². The molecular weight excluding hydrogens is 833 g/mol. The summed E-state index contributed by atoms with van der Waals surface area (Å²) in [7, 11) is 2.59. The standard InChI is InChI=1S/C52H64N8O6/c1-31(2)44(57-50(63)65-8)48(61)59-26-10-12-42(59)46-53-29-40(55-46)36-16-14-33(15-17-36)28-39(35-22-24-38(25-23-35)52(5,6)7)34-18-20-37(21-19-34)41-30-54-47(56-41)43-13-11-27-60(43)49(62)45(32(3)4)58-51(64)66-9/h14-25,28-32,42-45H,10-13,26-27H2,1-9H3,(H,53,55)(H,54,56)(H,57,63)(H,58,64)/b39-28-/t42-,43-,44-,45-/m0/s1. The molecule has 0 bridgehead atoms. The van der Waals surface area contributed by atoms with Crippen molar-refractivity contribution in [2.24, 2.45) is 11.8 Å². The third-order valence-corrected chi connectivity index (χ3v) is 12.8. The van der Waals surface area contributed by atoms with Crippen molar-refractivity contribution in [3.63, 3.8) is 0 Å². The molecule has 0 unspecified atom stereocenters. The van der Waals surface area contributed by atoms with Gasteiger partial charge in [0, 0.05) is 13.1 Å². The molecule has 14 nitrogen and oxygen atoms in total. The minimum atomic E-state index is -0.703. The Morgan fingerprint density at radius 2 is 1.06 bits per heavy atom. The number of benzene rings is 3. The van der Waals surface area contributed by atoms with E-state index in [0.29, 0.717) is 13.1 Å². The zero-order valence-electron chi connectivity index (χ0n) is 39.6. The lowest BCUT2D eigenvalue weighted by Crippen LogP contribution is -2.51. The highest BCUT2D eigenvalue weighted by Crippen LogP contribution is 2.36. The van der Waals surface area contributed by atoms with E-state index in [9.17, 15) is 19.2 Å². The molecule has 7 rings (SSSR count). The molecule has 3 aromatic carbocycles. The number of carbonyl (C=O) groups excluding carboxylic acids is 4. The highest BCUT2D eigenvalue weighted by molar-refractivity contribution is 5.92. The van der Waals surface area contributed by atoms with Crippen LogP contribution < -0.4 is 10.6 Å². The fraction of sp³-hybridized carbons (Fsp3) is 0.423. The van der Waals surface area contributed by atoms with Crippen molar-refractivity contribution in [2.75, 3.05) is 27.3 Å². The van der Waals surface area contributed by atoms with Crippen LogP contribution in [0.15, 0.2) is 85.2 Å². The van der Waals surface area contributed by atoms with Gasteiger partial charge in [-0.2, -0.15) is 0 Å². The monoisotopic (exact) mass is 896 g/mol. The lowest BCUT2D eigenvalue weighted by Gasteiger charge is -2.30. The van der Waals surface area contributed by atoms with E-state index in [2.05, 4.69) is 120 Å². The predicted molar refractivity (Wildman–Crippen MR) is 256 cm³/mol. The number of aromatic amines is 2. The van der Waals surface area contributed by atoms with Crippen LogP contribution in [0.25, 0.3) is 34.2 Å². The van der Waals surface area contributed by atoms with Gasteiger partial charge in [-0.1, -0.05) is 121 Å². The van der Waals surface area contributed by atoms with Crippen LogP contribution in [-0.4, -0.2) is 93.1 Å². The number of ether oxygens (including phenoxy) is 2. The van der Waals surface area contributed by atoms with E-state index in [0.717, 1.165) is 82.1 Å². The molecule has 2 aliphatic rings. The summed E-state index contributed by atoms with van der Waals surface area (Å²) in [5.74, 6) is 0.914. The molecule has 2 saturated heterocycles. The Hall–Kier alpha value is -6.70. The largest absolute Gasteiger partial charge is 0.453 e. The van der Waals surface area contributed by atoms with Crippen LogP contribution in [0.4, 0.5) is 9.59 Å². The zero-order chi connectivity index (χ0) is 47.3. The summed E-state index contributed by atoms with van der Waals surface area (Å²) in [6.07, 6.45) is 7.81. The molecule has 0 radical (unpaired) electrons. The van der Waals surface area contributed by atoms with Gasteiger partial charge in [0.1, 0.15) is 23.7 Å². The number of rotatable bonds is 13. The van der Waals surface area contributed by atoms with Crippen LogP contribution >= 0.6 is 0 Å². The van der Waals surface area contributed by atoms with Gasteiger partial charge >= 0.3 is 12.2 Å². The second-order valence-corrected chi connectivity index (χ2v) is 19.0. The lowest BCUT2D eigenvalue weighted by molar-refractivity contribution is -0.136. The van der Waals surface area contributed by atoms with Gasteiger partial charge < -0.3 is 39.9 Å². The molecule has 66 heavy (non-hydrogen) atoms. The first kappa shape index (κ1) is 47.3. The first-order chi connectivity index (χ1) is 31.6. The first-order valence-electron chi connectivity index (χ1n) is 23.0. The maximum atomic E-state index is 13.7. The van der Waals surface area contributed by atoms with Gasteiger partial charge in [0.05, 0.1) is 50.1 Å². The number of imidazole rings is 2. The summed E-state index contributed by atoms with van der Waals surface area (Å²) >= 11 is 0. The van der Waals surface area contributed by atoms with E-state index >= 15 is 0 Å². The Morgan fingerprint density at radius 3 is 1.45 bits per heavy atom. The fourth-order valence-electron chi connectivity index (χ4n) is 8.93. The number of H-pyrrole nitrogens is 2. The fourth-order valence-corrected chi connectivity index (χ4v) is 8.93. The molecule has 348 valence electrons. The summed E-state index contributed by atoms with van der Waals surface area (Å²) in [6.45, 7) is 15.4. The van der Waals surface area contributed by atoms with Gasteiger partial charge in [0.25, 0.3) is 0 Å². The number of aromatic nitrogens is 4. The third kappa shape index (κ3) is 10.5. The number of nitrogens with one attached hydrogen (secondary N) is 4. The molecule has 14 heteroatoms. The third-order valence-electron chi connectivity index (χ3n) is 12.8. The molecule has 2 fully saturated rings. The average Bonchev–Trinajstić information content (AvgIpc) is 4.16. The molecule has 4 heterocycles. The number of methoxy groups -OCH3 is 2. The van der Waals surface area contributed by atoms with E-state index in [1.165, 1.54) is 19.8 Å². The number of amides is 4. The van der Waals surface area contributed by atoms with Crippen molar-refractivity contribution in [1.29, 1.82) is 0 Å².